The molecule has 2 aliphatic rings. The Balaban J connectivity index is 0.00000289. The monoisotopic (exact) mass is 511 g/mol. The Morgan fingerprint density at radius 1 is 0.971 bits per heavy atom. The van der Waals surface area contributed by atoms with E-state index in [0.29, 0.717) is 10.8 Å². The number of hydrogen-bond acceptors (Lipinski definition) is 2. The van der Waals surface area contributed by atoms with Crippen molar-refractivity contribution in [2.45, 2.75) is 12.8 Å². The van der Waals surface area contributed by atoms with E-state index >= 15 is 0 Å². The second-order valence-corrected chi connectivity index (χ2v) is 9.24. The number of quaternary nitrogens is 1. The summed E-state index contributed by atoms with van der Waals surface area (Å²) in [7, 11) is 0. The van der Waals surface area contributed by atoms with Gasteiger partial charge in [0.1, 0.15) is 24.7 Å². The van der Waals surface area contributed by atoms with E-state index in [1.165, 1.54) is 22.6 Å². The maximum absolute atomic E-state index is 13.8. The van der Waals surface area contributed by atoms with E-state index < -0.39 is 0 Å². The van der Waals surface area contributed by atoms with Crippen LogP contribution in [-0.4, -0.2) is 32.8 Å². The minimum atomic E-state index is -0.257. The number of nitrogens with one attached hydrogen (secondary N) is 1. The Morgan fingerprint density at radius 3 is 2.37 bits per heavy atom. The van der Waals surface area contributed by atoms with Gasteiger partial charge in [-0.05, 0) is 42.3 Å². The van der Waals surface area contributed by atoms with Gasteiger partial charge in [0.25, 0.3) is 0 Å². The van der Waals surface area contributed by atoms with Crippen LogP contribution in [0.1, 0.15) is 28.2 Å². The van der Waals surface area contributed by atoms with Gasteiger partial charge in [0, 0.05) is 17.0 Å². The Kier molecular flexibility index (Phi) is 8.30. The predicted molar refractivity (Wildman–Crippen MR) is 134 cm³/mol. The van der Waals surface area contributed by atoms with E-state index in [2.05, 4.69) is 31.2 Å². The van der Waals surface area contributed by atoms with Crippen LogP contribution in [0.25, 0.3) is 5.76 Å². The molecule has 3 aromatic carbocycles. The average Bonchev–Trinajstić information content (AvgIpc) is 2.99. The molecule has 3 aromatic rings. The van der Waals surface area contributed by atoms with Gasteiger partial charge >= 0.3 is 0 Å². The summed E-state index contributed by atoms with van der Waals surface area (Å²) in [6, 6.07) is 22.9. The Hall–Kier alpha value is -2.63. The predicted octanol–water partition coefficient (Wildman–Crippen LogP) is 2.11. The first-order valence-electron chi connectivity index (χ1n) is 11.7. The Morgan fingerprint density at radius 2 is 1.66 bits per heavy atom. The van der Waals surface area contributed by atoms with Gasteiger partial charge in [0.2, 0.25) is 0 Å². The fraction of sp³-hybridized carbons (Fsp3) is 0.241. The number of halogens is 3. The second kappa shape index (κ2) is 11.4. The number of benzene rings is 3. The number of hydrogen-bond donors (Lipinski definition) is 1. The molecule has 5 rings (SSSR count). The third-order valence-corrected chi connectivity index (χ3v) is 6.92. The molecule has 1 atom stereocenters. The minimum Gasteiger partial charge on any atom is -1.00 e. The molecule has 182 valence electrons. The molecular weight excluding hydrogens is 484 g/mol. The van der Waals surface area contributed by atoms with Crippen LogP contribution in [0.15, 0.2) is 89.5 Å². The lowest BCUT2D eigenvalue weighted by Crippen LogP contribution is -3.13. The SMILES string of the molecule is Cc1ccc(C2=C(Cl)C(=CC[NH+]3CCOCC3)C(c3ccc(F)cc3)c3ccccc3O2)cc1.[Cl-]. The number of fused-ring (bicyclic) bond motifs is 1. The molecule has 0 bridgehead atoms. The molecule has 1 fully saturated rings. The van der Waals surface area contributed by atoms with E-state index in [0.717, 1.165) is 60.9 Å². The van der Waals surface area contributed by atoms with Gasteiger partial charge in [-0.15, -0.1) is 0 Å². The molecule has 2 aliphatic heterocycles. The fourth-order valence-electron chi connectivity index (χ4n) is 4.62. The van der Waals surface area contributed by atoms with E-state index in [1.54, 1.807) is 0 Å². The minimum absolute atomic E-state index is 0. The van der Waals surface area contributed by atoms with Crippen LogP contribution in [0.2, 0.25) is 0 Å². The molecule has 1 unspecified atom stereocenters. The third kappa shape index (κ3) is 5.62. The largest absolute Gasteiger partial charge is 1.00 e. The molecule has 0 amide bonds. The van der Waals surface area contributed by atoms with Crippen molar-refractivity contribution < 1.29 is 31.2 Å². The van der Waals surface area contributed by atoms with E-state index in [9.17, 15) is 4.39 Å². The second-order valence-electron chi connectivity index (χ2n) is 8.86. The van der Waals surface area contributed by atoms with Crippen molar-refractivity contribution in [2.75, 3.05) is 32.8 Å². The zero-order valence-corrected chi connectivity index (χ0v) is 21.1. The van der Waals surface area contributed by atoms with Gasteiger partial charge in [-0.25, -0.2) is 4.39 Å². The summed E-state index contributed by atoms with van der Waals surface area (Å²) in [5, 5.41) is 0.585. The number of allylic oxidation sites excluding steroid dienone is 2. The Bertz CT molecular complexity index is 1220. The summed E-state index contributed by atoms with van der Waals surface area (Å²) >= 11 is 7.19. The van der Waals surface area contributed by atoms with Crippen LogP contribution in [-0.2, 0) is 4.74 Å². The molecule has 1 saturated heterocycles. The standard InChI is InChI=1S/C29H27ClFNO2.ClH/c1-20-6-8-22(9-7-20)29-28(30)25(14-15-32-16-18-33-19-17-32)27(21-10-12-23(31)13-11-21)24-4-2-3-5-26(24)34-29;/h2-14,27H,15-19H2,1H3;1H. The molecule has 0 aliphatic carbocycles. The van der Waals surface area contributed by atoms with Crippen LogP contribution < -0.4 is 22.0 Å². The van der Waals surface area contributed by atoms with Gasteiger partial charge in [0.05, 0.1) is 24.8 Å². The van der Waals surface area contributed by atoms with Gasteiger partial charge in [-0.3, -0.25) is 0 Å². The van der Waals surface area contributed by atoms with Crippen molar-refractivity contribution in [3.8, 4) is 5.75 Å². The highest BCUT2D eigenvalue weighted by atomic mass is 35.5. The first-order valence-corrected chi connectivity index (χ1v) is 12.1. The molecule has 0 saturated carbocycles. The summed E-state index contributed by atoms with van der Waals surface area (Å²) in [4.78, 5) is 1.46. The van der Waals surface area contributed by atoms with Crippen molar-refractivity contribution in [2.24, 2.45) is 0 Å². The first-order chi connectivity index (χ1) is 16.6. The van der Waals surface area contributed by atoms with E-state index in [-0.39, 0.29) is 24.1 Å². The number of para-hydroxylation sites is 1. The Labute approximate surface area is 217 Å². The normalized spacial score (nSPS) is 19.5. The molecule has 0 spiro atoms. The fourth-order valence-corrected chi connectivity index (χ4v) is 4.96. The lowest BCUT2D eigenvalue weighted by molar-refractivity contribution is -0.902. The van der Waals surface area contributed by atoms with E-state index in [1.807, 2.05) is 42.5 Å². The summed E-state index contributed by atoms with van der Waals surface area (Å²) in [5.74, 6) is 0.967. The first kappa shape index (κ1) is 25.5. The molecule has 2 heterocycles. The summed E-state index contributed by atoms with van der Waals surface area (Å²) in [6.45, 7) is 6.35. The molecule has 1 N–H and O–H groups in total. The van der Waals surface area contributed by atoms with Crippen LogP contribution in [0.4, 0.5) is 4.39 Å². The zero-order chi connectivity index (χ0) is 23.5. The topological polar surface area (TPSA) is 22.9 Å². The lowest BCUT2D eigenvalue weighted by atomic mass is 9.83. The quantitative estimate of drug-likeness (QED) is 0.579. The van der Waals surface area contributed by atoms with Crippen molar-refractivity contribution >= 4 is 17.4 Å². The summed E-state index contributed by atoms with van der Waals surface area (Å²) in [6.07, 6.45) is 2.23. The number of rotatable bonds is 4. The zero-order valence-electron chi connectivity index (χ0n) is 19.6. The molecule has 0 radical (unpaired) electrons. The van der Waals surface area contributed by atoms with Crippen molar-refractivity contribution in [3.63, 3.8) is 0 Å². The van der Waals surface area contributed by atoms with Gasteiger partial charge in [-0.1, -0.05) is 71.8 Å². The summed E-state index contributed by atoms with van der Waals surface area (Å²) < 4.78 is 25.9. The van der Waals surface area contributed by atoms with Crippen molar-refractivity contribution in [1.82, 2.24) is 0 Å². The number of ether oxygens (including phenoxy) is 2. The van der Waals surface area contributed by atoms with Gasteiger partial charge in [-0.2, -0.15) is 0 Å². The van der Waals surface area contributed by atoms with Gasteiger partial charge in [0.15, 0.2) is 5.76 Å². The maximum Gasteiger partial charge on any atom is 0.153 e. The highest BCUT2D eigenvalue weighted by Gasteiger charge is 2.31. The van der Waals surface area contributed by atoms with E-state index in [4.69, 9.17) is 21.1 Å². The van der Waals surface area contributed by atoms with Crippen LogP contribution in [0.3, 0.4) is 0 Å². The van der Waals surface area contributed by atoms with Crippen molar-refractivity contribution in [3.05, 3.63) is 118 Å². The smallest absolute Gasteiger partial charge is 0.153 e. The molecule has 0 aromatic heterocycles. The molecular formula is C29H28Cl2FNO2. The highest BCUT2D eigenvalue weighted by molar-refractivity contribution is 6.35. The third-order valence-electron chi connectivity index (χ3n) is 6.53. The lowest BCUT2D eigenvalue weighted by Gasteiger charge is -2.24. The number of morpholine rings is 1. The van der Waals surface area contributed by atoms with Crippen LogP contribution >= 0.6 is 11.6 Å². The van der Waals surface area contributed by atoms with Crippen molar-refractivity contribution in [1.29, 1.82) is 0 Å². The molecule has 35 heavy (non-hydrogen) atoms. The van der Waals surface area contributed by atoms with Gasteiger partial charge < -0.3 is 26.8 Å². The molecule has 6 heteroatoms. The maximum atomic E-state index is 13.8. The summed E-state index contributed by atoms with van der Waals surface area (Å²) in [5.41, 5.74) is 5.06. The number of aryl methyl sites for hydroxylation is 1. The van der Waals surface area contributed by atoms with Crippen LogP contribution in [0, 0.1) is 12.7 Å². The highest BCUT2D eigenvalue weighted by Crippen LogP contribution is 2.47. The average molecular weight is 512 g/mol. The van der Waals surface area contributed by atoms with Crippen LogP contribution in [0.5, 0.6) is 5.75 Å². The molecule has 3 nitrogen and oxygen atoms in total.